The normalized spacial score (nSPS) is 13.7. The van der Waals surface area contributed by atoms with Gasteiger partial charge in [-0.05, 0) is 12.2 Å². The van der Waals surface area contributed by atoms with E-state index >= 15 is 0 Å². The Labute approximate surface area is 52.5 Å². The SMILES string of the molecule is C1=COOC=C1.[AlH3]. The van der Waals surface area contributed by atoms with Crippen molar-refractivity contribution in [3.63, 3.8) is 0 Å². The summed E-state index contributed by atoms with van der Waals surface area (Å²) in [5.74, 6) is 0. The van der Waals surface area contributed by atoms with E-state index in [1.807, 2.05) is 0 Å². The molecule has 0 saturated carbocycles. The molecule has 7 heavy (non-hydrogen) atoms. The first kappa shape index (κ1) is 6.61. The maximum atomic E-state index is 4.30. The lowest BCUT2D eigenvalue weighted by Crippen LogP contribution is -1.78. The van der Waals surface area contributed by atoms with Gasteiger partial charge in [-0.15, -0.1) is 0 Å². The Morgan fingerprint density at radius 1 is 0.857 bits per heavy atom. The molecular formula is C4H7AlO2. The van der Waals surface area contributed by atoms with Crippen LogP contribution in [-0.4, -0.2) is 17.4 Å². The van der Waals surface area contributed by atoms with Gasteiger partial charge in [-0.25, -0.2) is 0 Å². The van der Waals surface area contributed by atoms with Gasteiger partial charge in [-0.3, -0.25) is 9.78 Å². The minimum absolute atomic E-state index is 0. The fourth-order valence-corrected chi connectivity index (χ4v) is 0.219. The number of allylic oxidation sites excluding steroid dienone is 2. The van der Waals surface area contributed by atoms with Crippen molar-refractivity contribution in [1.82, 2.24) is 0 Å². The fraction of sp³-hybridized carbons (Fsp3) is 0. The highest BCUT2D eigenvalue weighted by molar-refractivity contribution is 5.75. The van der Waals surface area contributed by atoms with Crippen molar-refractivity contribution in [3.8, 4) is 0 Å². The smallest absolute Gasteiger partial charge is 0.187 e. The largest absolute Gasteiger partial charge is 0.299 e. The van der Waals surface area contributed by atoms with E-state index in [4.69, 9.17) is 0 Å². The monoisotopic (exact) mass is 114 g/mol. The second kappa shape index (κ2) is 3.79. The molecule has 0 saturated heterocycles. The highest BCUT2D eigenvalue weighted by atomic mass is 27.0. The average molecular weight is 114 g/mol. The van der Waals surface area contributed by atoms with Gasteiger partial charge in [0.05, 0.1) is 0 Å². The Hall–Kier alpha value is -0.388. The van der Waals surface area contributed by atoms with Crippen molar-refractivity contribution in [1.29, 1.82) is 0 Å². The van der Waals surface area contributed by atoms with Crippen LogP contribution in [0.3, 0.4) is 0 Å². The van der Waals surface area contributed by atoms with E-state index in [9.17, 15) is 0 Å². The van der Waals surface area contributed by atoms with Gasteiger partial charge < -0.3 is 0 Å². The molecule has 0 aliphatic carbocycles. The van der Waals surface area contributed by atoms with E-state index in [0.29, 0.717) is 0 Å². The lowest BCUT2D eigenvalue weighted by atomic mass is 10.6. The molecule has 2 nitrogen and oxygen atoms in total. The standard InChI is InChI=1S/C4H4O2.Al.3H/c1-2-4-6-5-3-1;;;;/h1-4H;;;;. The highest BCUT2D eigenvalue weighted by Crippen LogP contribution is 1.89. The zero-order valence-corrected chi connectivity index (χ0v) is 3.13. The van der Waals surface area contributed by atoms with Crippen LogP contribution in [-0.2, 0) is 9.78 Å². The van der Waals surface area contributed by atoms with Crippen LogP contribution in [0.5, 0.6) is 0 Å². The second-order valence-corrected chi connectivity index (χ2v) is 0.850. The first-order chi connectivity index (χ1) is 3.00. The second-order valence-electron chi connectivity index (χ2n) is 0.850. The van der Waals surface area contributed by atoms with Crippen molar-refractivity contribution < 1.29 is 9.78 Å². The van der Waals surface area contributed by atoms with E-state index in [-0.39, 0.29) is 17.4 Å². The summed E-state index contributed by atoms with van der Waals surface area (Å²) in [5, 5.41) is 0. The molecule has 0 radical (unpaired) electrons. The molecule has 0 aromatic heterocycles. The first-order valence-corrected chi connectivity index (χ1v) is 1.64. The number of hydrogen-bond acceptors (Lipinski definition) is 2. The average Bonchev–Trinajstić information content (AvgIpc) is 1.72. The summed E-state index contributed by atoms with van der Waals surface area (Å²) in [7, 11) is 0. The predicted octanol–water partition coefficient (Wildman–Crippen LogP) is -0.208. The molecule has 0 N–H and O–H groups in total. The lowest BCUT2D eigenvalue weighted by molar-refractivity contribution is -0.198. The lowest BCUT2D eigenvalue weighted by Gasteiger charge is -1.94. The number of hydrogen-bond donors (Lipinski definition) is 0. The Balaban J connectivity index is 0.000000360. The third kappa shape index (κ3) is 2.33. The zero-order chi connectivity index (χ0) is 4.24. The van der Waals surface area contributed by atoms with Crippen LogP contribution in [0, 0.1) is 0 Å². The first-order valence-electron chi connectivity index (χ1n) is 1.64. The van der Waals surface area contributed by atoms with Gasteiger partial charge >= 0.3 is 0 Å². The molecule has 0 aromatic rings. The zero-order valence-electron chi connectivity index (χ0n) is 3.13. The topological polar surface area (TPSA) is 18.5 Å². The minimum atomic E-state index is 0. The minimum Gasteiger partial charge on any atom is -0.299 e. The van der Waals surface area contributed by atoms with Crippen LogP contribution in [0.25, 0.3) is 0 Å². The van der Waals surface area contributed by atoms with Crippen molar-refractivity contribution in [2.24, 2.45) is 0 Å². The van der Waals surface area contributed by atoms with Crippen LogP contribution in [0.15, 0.2) is 24.7 Å². The summed E-state index contributed by atoms with van der Waals surface area (Å²) < 4.78 is 0. The summed E-state index contributed by atoms with van der Waals surface area (Å²) in [6.07, 6.45) is 6.40. The van der Waals surface area contributed by atoms with Gasteiger partial charge in [0.2, 0.25) is 0 Å². The van der Waals surface area contributed by atoms with Crippen LogP contribution < -0.4 is 0 Å². The Kier molecular flexibility index (Phi) is 3.58. The molecule has 0 atom stereocenters. The van der Waals surface area contributed by atoms with Gasteiger partial charge in [0.15, 0.2) is 17.4 Å². The van der Waals surface area contributed by atoms with Gasteiger partial charge in [-0.2, -0.15) is 0 Å². The van der Waals surface area contributed by atoms with Crippen molar-refractivity contribution in [2.75, 3.05) is 0 Å². The van der Waals surface area contributed by atoms with Crippen molar-refractivity contribution in [3.05, 3.63) is 24.7 Å². The third-order valence-corrected chi connectivity index (χ3v) is 0.435. The Morgan fingerprint density at radius 3 is 1.43 bits per heavy atom. The van der Waals surface area contributed by atoms with Crippen molar-refractivity contribution in [2.45, 2.75) is 0 Å². The molecule has 0 spiro atoms. The summed E-state index contributed by atoms with van der Waals surface area (Å²) in [4.78, 5) is 8.60. The molecule has 3 heteroatoms. The summed E-state index contributed by atoms with van der Waals surface area (Å²) >= 11 is 0. The fourth-order valence-electron chi connectivity index (χ4n) is 0.219. The maximum Gasteiger partial charge on any atom is 0.187 e. The molecule has 38 valence electrons. The molecule has 1 heterocycles. The molecule has 1 aliphatic rings. The van der Waals surface area contributed by atoms with E-state index in [1.165, 1.54) is 12.5 Å². The Morgan fingerprint density at radius 2 is 1.29 bits per heavy atom. The van der Waals surface area contributed by atoms with Crippen LogP contribution in [0.4, 0.5) is 0 Å². The van der Waals surface area contributed by atoms with Gasteiger partial charge in [-0.1, -0.05) is 0 Å². The van der Waals surface area contributed by atoms with E-state index in [0.717, 1.165) is 0 Å². The molecule has 1 rings (SSSR count). The molecule has 0 amide bonds. The summed E-state index contributed by atoms with van der Waals surface area (Å²) in [5.41, 5.74) is 0. The number of rotatable bonds is 0. The van der Waals surface area contributed by atoms with Gasteiger partial charge in [0, 0.05) is 0 Å². The summed E-state index contributed by atoms with van der Waals surface area (Å²) in [6.45, 7) is 0. The molecule has 0 aromatic carbocycles. The van der Waals surface area contributed by atoms with Crippen LogP contribution in [0.2, 0.25) is 0 Å². The van der Waals surface area contributed by atoms with Crippen LogP contribution >= 0.6 is 0 Å². The Bertz CT molecular complexity index is 75.7. The summed E-state index contributed by atoms with van der Waals surface area (Å²) in [6, 6.07) is 0. The third-order valence-electron chi connectivity index (χ3n) is 0.435. The molecule has 0 unspecified atom stereocenters. The predicted molar refractivity (Wildman–Crippen MR) is 30.4 cm³/mol. The molecule has 0 bridgehead atoms. The van der Waals surface area contributed by atoms with Crippen LogP contribution in [0.1, 0.15) is 0 Å². The van der Waals surface area contributed by atoms with Crippen molar-refractivity contribution >= 4 is 17.4 Å². The van der Waals surface area contributed by atoms with E-state index in [1.54, 1.807) is 12.2 Å². The quantitative estimate of drug-likeness (QED) is 0.320. The highest BCUT2D eigenvalue weighted by Gasteiger charge is 1.75. The molecular weight excluding hydrogens is 107 g/mol. The van der Waals surface area contributed by atoms with Gasteiger partial charge in [0.1, 0.15) is 12.5 Å². The molecule has 0 fully saturated rings. The van der Waals surface area contributed by atoms with Gasteiger partial charge in [0.25, 0.3) is 0 Å². The molecule has 1 aliphatic heterocycles. The maximum absolute atomic E-state index is 4.30. The van der Waals surface area contributed by atoms with E-state index < -0.39 is 0 Å². The van der Waals surface area contributed by atoms with E-state index in [2.05, 4.69) is 9.78 Å².